The van der Waals surface area contributed by atoms with Gasteiger partial charge in [0.2, 0.25) is 21.8 Å². The molecule has 11 heteroatoms. The van der Waals surface area contributed by atoms with Crippen molar-refractivity contribution in [3.63, 3.8) is 0 Å². The van der Waals surface area contributed by atoms with Crippen LogP contribution in [0, 0.1) is 12.8 Å². The van der Waals surface area contributed by atoms with E-state index in [0.717, 1.165) is 39.9 Å². The molecule has 0 saturated heterocycles. The predicted molar refractivity (Wildman–Crippen MR) is 147 cm³/mol. The third-order valence-electron chi connectivity index (χ3n) is 6.29. The van der Waals surface area contributed by atoms with Crippen molar-refractivity contribution in [1.29, 1.82) is 0 Å². The lowest BCUT2D eigenvalue weighted by Gasteiger charge is -2.31. The van der Waals surface area contributed by atoms with Crippen molar-refractivity contribution in [2.75, 3.05) is 23.7 Å². The highest BCUT2D eigenvalue weighted by atomic mass is 32.2. The molecule has 1 atom stereocenters. The Hall–Kier alpha value is -3.08. The van der Waals surface area contributed by atoms with Gasteiger partial charge in [-0.25, -0.2) is 8.42 Å². The number of rotatable bonds is 13. The maximum Gasteiger partial charge on any atom is 0.416 e. The minimum absolute atomic E-state index is 0.0521. The average Bonchev–Trinajstić information content (AvgIpc) is 2.85. The van der Waals surface area contributed by atoms with E-state index in [1.54, 1.807) is 0 Å². The van der Waals surface area contributed by atoms with Crippen LogP contribution in [0.3, 0.4) is 0 Å². The van der Waals surface area contributed by atoms with E-state index in [0.29, 0.717) is 13.0 Å². The Kier molecular flexibility index (Phi) is 11.4. The summed E-state index contributed by atoms with van der Waals surface area (Å²) in [4.78, 5) is 28.0. The number of halogens is 3. The van der Waals surface area contributed by atoms with Crippen molar-refractivity contribution in [3.8, 4) is 0 Å². The van der Waals surface area contributed by atoms with Gasteiger partial charge in [-0.05, 0) is 55.0 Å². The Morgan fingerprint density at radius 3 is 2.28 bits per heavy atom. The van der Waals surface area contributed by atoms with E-state index in [1.165, 1.54) is 11.0 Å². The fourth-order valence-electron chi connectivity index (χ4n) is 4.15. The molecule has 1 N–H and O–H groups in total. The van der Waals surface area contributed by atoms with Gasteiger partial charge in [0.1, 0.15) is 6.04 Å². The molecule has 0 saturated carbocycles. The van der Waals surface area contributed by atoms with Crippen LogP contribution in [0.15, 0.2) is 48.5 Å². The number of alkyl halides is 3. The Morgan fingerprint density at radius 2 is 1.72 bits per heavy atom. The smallest absolute Gasteiger partial charge is 0.354 e. The number of benzene rings is 2. The number of aryl methyl sites for hydroxylation is 1. The zero-order valence-electron chi connectivity index (χ0n) is 23.1. The minimum atomic E-state index is -4.63. The summed E-state index contributed by atoms with van der Waals surface area (Å²) in [6.07, 6.45) is -3.38. The molecule has 7 nitrogen and oxygen atoms in total. The van der Waals surface area contributed by atoms with Gasteiger partial charge < -0.3 is 10.2 Å². The third kappa shape index (κ3) is 9.56. The number of nitrogens with one attached hydrogen (secondary N) is 1. The molecular weight excluding hydrogens is 531 g/mol. The Bertz CT molecular complexity index is 1230. The normalized spacial score (nSPS) is 12.7. The molecule has 2 amide bonds. The Morgan fingerprint density at radius 1 is 1.05 bits per heavy atom. The zero-order chi connectivity index (χ0) is 29.4. The number of sulfonamides is 1. The summed E-state index contributed by atoms with van der Waals surface area (Å²) in [6, 6.07) is 10.9. The number of hydrogen-bond acceptors (Lipinski definition) is 4. The summed E-state index contributed by atoms with van der Waals surface area (Å²) < 4.78 is 65.4. The van der Waals surface area contributed by atoms with Crippen LogP contribution in [0.1, 0.15) is 56.7 Å². The molecule has 0 fully saturated rings. The molecule has 0 aromatic heterocycles. The van der Waals surface area contributed by atoms with Crippen LogP contribution in [0.25, 0.3) is 0 Å². The second kappa shape index (κ2) is 13.8. The maximum atomic E-state index is 13.5. The molecule has 2 aromatic carbocycles. The van der Waals surface area contributed by atoms with Crippen molar-refractivity contribution in [2.45, 2.75) is 65.7 Å². The first-order valence-electron chi connectivity index (χ1n) is 12.9. The van der Waals surface area contributed by atoms with Crippen LogP contribution in [-0.2, 0) is 32.3 Å². The van der Waals surface area contributed by atoms with Gasteiger partial charge in [-0.2, -0.15) is 13.2 Å². The Balaban J connectivity index is 2.26. The molecule has 2 rings (SSSR count). The quantitative estimate of drug-likeness (QED) is 0.362. The van der Waals surface area contributed by atoms with E-state index in [2.05, 4.69) is 5.32 Å². The molecule has 216 valence electrons. The second-order valence-electron chi connectivity index (χ2n) is 10.00. The zero-order valence-corrected chi connectivity index (χ0v) is 23.9. The fourth-order valence-corrected chi connectivity index (χ4v) is 5.11. The molecule has 0 unspecified atom stereocenters. The van der Waals surface area contributed by atoms with E-state index in [4.69, 9.17) is 0 Å². The fraction of sp³-hybridized carbons (Fsp3) is 0.500. The molecule has 0 bridgehead atoms. The molecule has 0 heterocycles. The highest BCUT2D eigenvalue weighted by Crippen LogP contribution is 2.32. The van der Waals surface area contributed by atoms with Crippen LogP contribution in [-0.4, -0.2) is 50.5 Å². The predicted octanol–water partition coefficient (Wildman–Crippen LogP) is 5.14. The van der Waals surface area contributed by atoms with Crippen molar-refractivity contribution in [3.05, 3.63) is 65.2 Å². The van der Waals surface area contributed by atoms with Crippen molar-refractivity contribution < 1.29 is 31.2 Å². The number of carbonyl (C=O) groups excluding carboxylic acids is 2. The van der Waals surface area contributed by atoms with E-state index < -0.39 is 27.8 Å². The van der Waals surface area contributed by atoms with Crippen molar-refractivity contribution in [1.82, 2.24) is 10.2 Å². The molecule has 2 aromatic rings. The van der Waals surface area contributed by atoms with Crippen LogP contribution < -0.4 is 9.62 Å². The summed E-state index contributed by atoms with van der Waals surface area (Å²) in [7, 11) is -3.93. The molecule has 0 aliphatic carbocycles. The van der Waals surface area contributed by atoms with Gasteiger partial charge in [-0.15, -0.1) is 0 Å². The highest BCUT2D eigenvalue weighted by molar-refractivity contribution is 7.92. The lowest BCUT2D eigenvalue weighted by Crippen LogP contribution is -2.49. The largest absolute Gasteiger partial charge is 0.416 e. The summed E-state index contributed by atoms with van der Waals surface area (Å²) in [5.74, 6) is -0.387. The standard InChI is InChI=1S/C28H38F3N3O4S/c1-6-25(27(36)32-18-20(2)3)33(19-22-12-8-7-11-21(22)4)26(35)15-10-16-34(39(5,37)38)24-14-9-13-23(17-24)28(29,30)31/h7-9,11-14,17,20,25H,6,10,15-16,18-19H2,1-5H3,(H,32,36)/t25-/m0/s1. The summed E-state index contributed by atoms with van der Waals surface area (Å²) in [6.45, 7) is 8.13. The molecule has 0 aliphatic heterocycles. The van der Waals surface area contributed by atoms with E-state index in [-0.39, 0.29) is 49.4 Å². The van der Waals surface area contributed by atoms with Crippen LogP contribution in [0.4, 0.5) is 18.9 Å². The van der Waals surface area contributed by atoms with Crippen LogP contribution in [0.5, 0.6) is 0 Å². The van der Waals surface area contributed by atoms with Gasteiger partial charge in [0.25, 0.3) is 0 Å². The van der Waals surface area contributed by atoms with Crippen molar-refractivity contribution in [2.24, 2.45) is 5.92 Å². The molecule has 0 radical (unpaired) electrons. The SMILES string of the molecule is CC[C@@H](C(=O)NCC(C)C)N(Cc1ccccc1C)C(=O)CCCN(c1cccc(C(F)(F)F)c1)S(C)(=O)=O. The summed E-state index contributed by atoms with van der Waals surface area (Å²) >= 11 is 0. The first-order chi connectivity index (χ1) is 18.1. The number of amides is 2. The van der Waals surface area contributed by atoms with Gasteiger partial charge in [0.15, 0.2) is 0 Å². The van der Waals surface area contributed by atoms with Gasteiger partial charge in [0.05, 0.1) is 17.5 Å². The minimum Gasteiger partial charge on any atom is -0.354 e. The van der Waals surface area contributed by atoms with Gasteiger partial charge in [-0.3, -0.25) is 13.9 Å². The van der Waals surface area contributed by atoms with E-state index in [1.807, 2.05) is 52.0 Å². The van der Waals surface area contributed by atoms with E-state index in [9.17, 15) is 31.2 Å². The van der Waals surface area contributed by atoms with Crippen molar-refractivity contribution >= 4 is 27.5 Å². The van der Waals surface area contributed by atoms with Gasteiger partial charge >= 0.3 is 6.18 Å². The van der Waals surface area contributed by atoms with Gasteiger partial charge in [0, 0.05) is 26.1 Å². The lowest BCUT2D eigenvalue weighted by molar-refractivity contribution is -0.141. The monoisotopic (exact) mass is 569 g/mol. The molecule has 0 aliphatic rings. The highest BCUT2D eigenvalue weighted by Gasteiger charge is 2.32. The van der Waals surface area contributed by atoms with Crippen LogP contribution >= 0.6 is 0 Å². The average molecular weight is 570 g/mol. The third-order valence-corrected chi connectivity index (χ3v) is 7.48. The number of nitrogens with zero attached hydrogens (tertiary/aromatic N) is 2. The van der Waals surface area contributed by atoms with Crippen LogP contribution in [0.2, 0.25) is 0 Å². The Labute approximate surface area is 229 Å². The molecule has 0 spiro atoms. The number of anilines is 1. The topological polar surface area (TPSA) is 86.8 Å². The van der Waals surface area contributed by atoms with E-state index >= 15 is 0 Å². The van der Waals surface area contributed by atoms with Gasteiger partial charge in [-0.1, -0.05) is 51.1 Å². The maximum absolute atomic E-state index is 13.5. The first kappa shape index (κ1) is 32.1. The summed E-state index contributed by atoms with van der Waals surface area (Å²) in [5.41, 5.74) is 0.742. The first-order valence-corrected chi connectivity index (χ1v) is 14.8. The second-order valence-corrected chi connectivity index (χ2v) is 11.9. The summed E-state index contributed by atoms with van der Waals surface area (Å²) in [5, 5.41) is 2.89. The number of carbonyl (C=O) groups is 2. The lowest BCUT2D eigenvalue weighted by atomic mass is 10.0. The number of hydrogen-bond donors (Lipinski definition) is 1. The molecule has 39 heavy (non-hydrogen) atoms. The molecular formula is C28H38F3N3O4S.